The molecule has 1 atom stereocenters. The largest absolute Gasteiger partial charge is 0.379 e. The number of piperazine rings is 1. The third-order valence-corrected chi connectivity index (χ3v) is 3.78. The van der Waals surface area contributed by atoms with Gasteiger partial charge < -0.3 is 9.64 Å². The fraction of sp³-hybridized carbons (Fsp3) is 1.00. The van der Waals surface area contributed by atoms with Crippen molar-refractivity contribution in [3.63, 3.8) is 0 Å². The number of likely N-dealkylation sites (N-methyl/N-ethyl adjacent to an activating group) is 1. The predicted octanol–water partition coefficient (Wildman–Crippen LogP) is 0.803. The summed E-state index contributed by atoms with van der Waals surface area (Å²) >= 11 is 0. The quantitative estimate of drug-likeness (QED) is 0.653. The van der Waals surface area contributed by atoms with Gasteiger partial charge in [0.1, 0.15) is 0 Å². The van der Waals surface area contributed by atoms with Gasteiger partial charge in [-0.2, -0.15) is 0 Å². The van der Waals surface area contributed by atoms with Crippen molar-refractivity contribution in [1.29, 1.82) is 0 Å². The summed E-state index contributed by atoms with van der Waals surface area (Å²) in [4.78, 5) is 5.14. The summed E-state index contributed by atoms with van der Waals surface area (Å²) < 4.78 is 5.51. The second kappa shape index (κ2) is 4.17. The Kier molecular flexibility index (Phi) is 3.10. The third-order valence-electron chi connectivity index (χ3n) is 3.78. The van der Waals surface area contributed by atoms with Crippen LogP contribution < -0.4 is 0 Å². The van der Waals surface area contributed by atoms with Gasteiger partial charge >= 0.3 is 0 Å². The van der Waals surface area contributed by atoms with E-state index in [1.54, 1.807) is 0 Å². The van der Waals surface area contributed by atoms with Gasteiger partial charge in [0.2, 0.25) is 0 Å². The molecule has 2 heterocycles. The molecule has 0 radical (unpaired) electrons. The molecule has 0 bridgehead atoms. The van der Waals surface area contributed by atoms with Crippen molar-refractivity contribution in [2.75, 3.05) is 45.9 Å². The monoisotopic (exact) mass is 198 g/mol. The molecule has 0 saturated carbocycles. The lowest BCUT2D eigenvalue weighted by molar-refractivity contribution is 0.0346. The second-order valence-electron chi connectivity index (χ2n) is 4.72. The zero-order valence-electron chi connectivity index (χ0n) is 9.46. The van der Waals surface area contributed by atoms with E-state index in [0.717, 1.165) is 13.2 Å². The van der Waals surface area contributed by atoms with Crippen molar-refractivity contribution in [3.8, 4) is 0 Å². The van der Waals surface area contributed by atoms with Gasteiger partial charge in [-0.1, -0.05) is 6.92 Å². The van der Waals surface area contributed by atoms with Crippen molar-refractivity contribution in [3.05, 3.63) is 0 Å². The van der Waals surface area contributed by atoms with Gasteiger partial charge in [-0.25, -0.2) is 0 Å². The summed E-state index contributed by atoms with van der Waals surface area (Å²) in [6.45, 7) is 12.6. The van der Waals surface area contributed by atoms with E-state index in [1.165, 1.54) is 39.1 Å². The van der Waals surface area contributed by atoms with E-state index < -0.39 is 0 Å². The van der Waals surface area contributed by atoms with Crippen molar-refractivity contribution >= 4 is 0 Å². The Labute approximate surface area is 87.0 Å². The highest BCUT2D eigenvalue weighted by molar-refractivity contribution is 4.92. The van der Waals surface area contributed by atoms with E-state index in [2.05, 4.69) is 23.6 Å². The van der Waals surface area contributed by atoms with Gasteiger partial charge in [-0.05, 0) is 19.9 Å². The van der Waals surface area contributed by atoms with Crippen LogP contribution in [0.25, 0.3) is 0 Å². The molecular weight excluding hydrogens is 176 g/mol. The zero-order valence-corrected chi connectivity index (χ0v) is 9.46. The Morgan fingerprint density at radius 1 is 1.21 bits per heavy atom. The topological polar surface area (TPSA) is 15.7 Å². The first-order chi connectivity index (χ1) is 6.74. The van der Waals surface area contributed by atoms with Crippen molar-refractivity contribution in [2.45, 2.75) is 25.8 Å². The van der Waals surface area contributed by atoms with Crippen LogP contribution in [0.15, 0.2) is 0 Å². The van der Waals surface area contributed by atoms with Gasteiger partial charge in [-0.3, -0.25) is 4.90 Å². The van der Waals surface area contributed by atoms with Gasteiger partial charge in [-0.15, -0.1) is 0 Å². The molecule has 0 aromatic rings. The van der Waals surface area contributed by atoms with Crippen LogP contribution in [0.5, 0.6) is 0 Å². The maximum atomic E-state index is 5.51. The van der Waals surface area contributed by atoms with E-state index in [0.29, 0.717) is 5.54 Å². The standard InChI is InChI=1S/C11H22N2O/c1-3-12-5-7-13(8-6-12)11(2)4-9-14-10-11/h3-10H2,1-2H3. The van der Waals surface area contributed by atoms with Gasteiger partial charge in [0.15, 0.2) is 0 Å². The summed E-state index contributed by atoms with van der Waals surface area (Å²) in [5, 5.41) is 0. The maximum Gasteiger partial charge on any atom is 0.0648 e. The van der Waals surface area contributed by atoms with Crippen molar-refractivity contribution < 1.29 is 4.74 Å². The van der Waals surface area contributed by atoms with E-state index >= 15 is 0 Å². The lowest BCUT2D eigenvalue weighted by atomic mass is 9.98. The third kappa shape index (κ3) is 1.95. The first-order valence-electron chi connectivity index (χ1n) is 5.80. The minimum Gasteiger partial charge on any atom is -0.379 e. The van der Waals surface area contributed by atoms with Crippen LogP contribution in [0, 0.1) is 0 Å². The van der Waals surface area contributed by atoms with E-state index in [4.69, 9.17) is 4.74 Å². The smallest absolute Gasteiger partial charge is 0.0648 e. The number of hydrogen-bond acceptors (Lipinski definition) is 3. The fourth-order valence-electron chi connectivity index (χ4n) is 2.51. The fourth-order valence-corrected chi connectivity index (χ4v) is 2.51. The van der Waals surface area contributed by atoms with Crippen LogP contribution in [0.3, 0.4) is 0 Å². The Bertz CT molecular complexity index is 182. The molecule has 3 nitrogen and oxygen atoms in total. The molecule has 0 aliphatic carbocycles. The van der Waals surface area contributed by atoms with Crippen LogP contribution in [0.4, 0.5) is 0 Å². The molecule has 1 unspecified atom stereocenters. The first kappa shape index (κ1) is 10.4. The van der Waals surface area contributed by atoms with Crippen LogP contribution in [0.1, 0.15) is 20.3 Å². The molecule has 2 rings (SSSR count). The predicted molar refractivity (Wildman–Crippen MR) is 57.5 cm³/mol. The molecule has 2 aliphatic heterocycles. The van der Waals surface area contributed by atoms with Crippen molar-refractivity contribution in [1.82, 2.24) is 9.80 Å². The molecular formula is C11H22N2O. The SMILES string of the molecule is CCN1CCN(C2(C)CCOC2)CC1. The summed E-state index contributed by atoms with van der Waals surface area (Å²) in [5.41, 5.74) is 0.333. The normalized spacial score (nSPS) is 36.4. The number of ether oxygens (including phenoxy) is 1. The molecule has 2 aliphatic rings. The molecule has 0 spiro atoms. The average molecular weight is 198 g/mol. The highest BCUT2D eigenvalue weighted by Crippen LogP contribution is 2.26. The number of rotatable bonds is 2. The zero-order chi connectivity index (χ0) is 10.0. The van der Waals surface area contributed by atoms with Gasteiger partial charge in [0, 0.05) is 38.3 Å². The minimum atomic E-state index is 0.333. The van der Waals surface area contributed by atoms with Gasteiger partial charge in [0.25, 0.3) is 0 Å². The average Bonchev–Trinajstić information content (AvgIpc) is 2.67. The first-order valence-corrected chi connectivity index (χ1v) is 5.80. The van der Waals surface area contributed by atoms with Gasteiger partial charge in [0.05, 0.1) is 6.61 Å². The Morgan fingerprint density at radius 3 is 2.43 bits per heavy atom. The summed E-state index contributed by atoms with van der Waals surface area (Å²) in [7, 11) is 0. The molecule has 2 saturated heterocycles. The number of hydrogen-bond donors (Lipinski definition) is 0. The van der Waals surface area contributed by atoms with E-state index in [1.807, 2.05) is 0 Å². The van der Waals surface area contributed by atoms with Crippen LogP contribution in [-0.4, -0.2) is 61.3 Å². The molecule has 3 heteroatoms. The minimum absolute atomic E-state index is 0.333. The van der Waals surface area contributed by atoms with Crippen LogP contribution in [-0.2, 0) is 4.74 Å². The Hall–Kier alpha value is -0.120. The Morgan fingerprint density at radius 2 is 1.93 bits per heavy atom. The molecule has 0 aromatic carbocycles. The van der Waals surface area contributed by atoms with E-state index in [-0.39, 0.29) is 0 Å². The highest BCUT2D eigenvalue weighted by atomic mass is 16.5. The van der Waals surface area contributed by atoms with E-state index in [9.17, 15) is 0 Å². The van der Waals surface area contributed by atoms with Crippen LogP contribution in [0.2, 0.25) is 0 Å². The number of nitrogens with zero attached hydrogens (tertiary/aromatic N) is 2. The van der Waals surface area contributed by atoms with Crippen molar-refractivity contribution in [2.24, 2.45) is 0 Å². The van der Waals surface area contributed by atoms with Crippen LogP contribution >= 0.6 is 0 Å². The molecule has 0 N–H and O–H groups in total. The summed E-state index contributed by atoms with van der Waals surface area (Å²) in [6, 6.07) is 0. The Balaban J connectivity index is 1.88. The lowest BCUT2D eigenvalue weighted by Gasteiger charge is -2.43. The summed E-state index contributed by atoms with van der Waals surface area (Å²) in [6.07, 6.45) is 1.21. The molecule has 0 amide bonds. The maximum absolute atomic E-state index is 5.51. The molecule has 82 valence electrons. The second-order valence-corrected chi connectivity index (χ2v) is 4.72. The molecule has 2 fully saturated rings. The summed E-state index contributed by atoms with van der Waals surface area (Å²) in [5.74, 6) is 0. The molecule has 14 heavy (non-hydrogen) atoms. The lowest BCUT2D eigenvalue weighted by Crippen LogP contribution is -2.56. The highest BCUT2D eigenvalue weighted by Gasteiger charge is 2.37. The molecule has 0 aromatic heterocycles.